The minimum absolute atomic E-state index is 0.434. The highest BCUT2D eigenvalue weighted by atomic mass is 35.5. The fourth-order valence-corrected chi connectivity index (χ4v) is 1.20. The van der Waals surface area contributed by atoms with Gasteiger partial charge in [-0.05, 0) is 13.3 Å². The zero-order valence-corrected chi connectivity index (χ0v) is 7.85. The maximum atomic E-state index is 10.7. The molecule has 0 aromatic rings. The molecule has 4 heteroatoms. The zero-order chi connectivity index (χ0) is 9.07. The minimum atomic E-state index is -0.958. The van der Waals surface area contributed by atoms with Gasteiger partial charge in [-0.3, -0.25) is 10.0 Å². The van der Waals surface area contributed by atoms with Gasteiger partial charge in [0.2, 0.25) is 5.91 Å². The Morgan fingerprint density at radius 2 is 2.18 bits per heavy atom. The number of halogens is 1. The van der Waals surface area contributed by atoms with Crippen molar-refractivity contribution in [3.8, 4) is 0 Å². The molecule has 0 aliphatic carbocycles. The number of hydrogen-bond acceptors (Lipinski definition) is 2. The maximum Gasteiger partial charge on any atom is 0.244 e. The molecule has 0 radical (unpaired) electrons. The number of carbonyl (C=O) groups is 1. The van der Waals surface area contributed by atoms with Crippen molar-refractivity contribution in [3.05, 3.63) is 0 Å². The van der Waals surface area contributed by atoms with Gasteiger partial charge in [0.1, 0.15) is 5.00 Å². The second-order valence-electron chi connectivity index (χ2n) is 2.72. The molecule has 0 bridgehead atoms. The van der Waals surface area contributed by atoms with Crippen molar-refractivity contribution in [2.45, 2.75) is 38.6 Å². The summed E-state index contributed by atoms with van der Waals surface area (Å²) in [6.07, 6.45) is 1.40. The largest absolute Gasteiger partial charge is 0.284 e. The van der Waals surface area contributed by atoms with E-state index in [1.54, 1.807) is 6.92 Å². The molecule has 11 heavy (non-hydrogen) atoms. The first-order valence-corrected chi connectivity index (χ1v) is 3.98. The van der Waals surface area contributed by atoms with Crippen molar-refractivity contribution in [2.24, 2.45) is 0 Å². The van der Waals surface area contributed by atoms with E-state index in [0.717, 1.165) is 6.42 Å². The summed E-state index contributed by atoms with van der Waals surface area (Å²) < 4.78 is 0. The van der Waals surface area contributed by atoms with Crippen molar-refractivity contribution >= 4 is 17.5 Å². The molecule has 0 heterocycles. The van der Waals surface area contributed by atoms with Gasteiger partial charge in [-0.2, -0.15) is 0 Å². The van der Waals surface area contributed by atoms with Crippen LogP contribution in [0.4, 0.5) is 0 Å². The van der Waals surface area contributed by atoms with E-state index in [4.69, 9.17) is 16.8 Å². The van der Waals surface area contributed by atoms with Gasteiger partial charge in [0.25, 0.3) is 0 Å². The van der Waals surface area contributed by atoms with Crippen molar-refractivity contribution in [1.29, 1.82) is 0 Å². The Morgan fingerprint density at radius 3 is 2.45 bits per heavy atom. The molecule has 0 aromatic carbocycles. The van der Waals surface area contributed by atoms with Crippen molar-refractivity contribution in [3.63, 3.8) is 0 Å². The number of hydrogen-bond donors (Lipinski definition) is 1. The molecule has 0 spiro atoms. The second-order valence-corrected chi connectivity index (χ2v) is 3.54. The lowest BCUT2D eigenvalue weighted by Crippen LogP contribution is -2.42. The summed E-state index contributed by atoms with van der Waals surface area (Å²) in [6.45, 7) is 4.82. The molecule has 3 nitrogen and oxygen atoms in total. The van der Waals surface area contributed by atoms with E-state index < -0.39 is 10.9 Å². The Kier molecular flexibility index (Phi) is 3.83. The minimum Gasteiger partial charge on any atom is -0.284 e. The molecule has 1 unspecified atom stereocenters. The molecule has 0 saturated carbocycles. The summed E-state index contributed by atoms with van der Waals surface area (Å²) in [4.78, 5) is 9.70. The molecule has 0 aliphatic heterocycles. The fourth-order valence-electron chi connectivity index (χ4n) is 0.890. The predicted molar refractivity (Wildman–Crippen MR) is 43.5 cm³/mol. The van der Waals surface area contributed by atoms with Crippen LogP contribution in [-0.2, 0) is 4.79 Å². The Labute approximate surface area is 71.9 Å². The summed E-state index contributed by atoms with van der Waals surface area (Å²) in [5.74, 6) is -0.434. The third-order valence-corrected chi connectivity index (χ3v) is 1.80. The van der Waals surface area contributed by atoms with Crippen LogP contribution in [0.2, 0.25) is 0 Å². The molecule has 0 saturated heterocycles. The van der Waals surface area contributed by atoms with E-state index >= 15 is 0 Å². The average Bonchev–Trinajstić information content (AvgIpc) is 1.86. The topological polar surface area (TPSA) is 40.5 Å². The van der Waals surface area contributed by atoms with Crippen LogP contribution < -0.4 is 0 Å². The Hall–Kier alpha value is -0.280. The summed E-state index contributed by atoms with van der Waals surface area (Å²) in [5, 5.41) is 9.70. The number of rotatable bonds is 3. The smallest absolute Gasteiger partial charge is 0.244 e. The highest BCUT2D eigenvalue weighted by Crippen LogP contribution is 2.24. The summed E-state index contributed by atoms with van der Waals surface area (Å²) >= 11 is 5.84. The number of nitrogens with zero attached hydrogens (tertiary/aromatic N) is 1. The van der Waals surface area contributed by atoms with E-state index in [0.29, 0.717) is 11.5 Å². The number of carbonyl (C=O) groups excluding carboxylic acids is 1. The van der Waals surface area contributed by atoms with Gasteiger partial charge in [-0.25, -0.2) is 5.06 Å². The van der Waals surface area contributed by atoms with Gasteiger partial charge >= 0.3 is 0 Å². The summed E-state index contributed by atoms with van der Waals surface area (Å²) in [6, 6.07) is 0. The van der Waals surface area contributed by atoms with E-state index in [1.165, 1.54) is 6.92 Å². The lowest BCUT2D eigenvalue weighted by molar-refractivity contribution is -0.178. The van der Waals surface area contributed by atoms with E-state index in [1.807, 2.05) is 6.92 Å². The normalized spacial score (nSPS) is 15.7. The SMILES string of the molecule is CCCC(C)(Cl)N(O)C(C)=O. The first-order chi connectivity index (χ1) is 4.91. The third-order valence-electron chi connectivity index (χ3n) is 1.45. The highest BCUT2D eigenvalue weighted by molar-refractivity contribution is 6.24. The predicted octanol–water partition coefficient (Wildman–Crippen LogP) is 1.98. The lowest BCUT2D eigenvalue weighted by atomic mass is 10.2. The summed E-state index contributed by atoms with van der Waals surface area (Å²) in [7, 11) is 0. The Morgan fingerprint density at radius 1 is 1.73 bits per heavy atom. The maximum absolute atomic E-state index is 10.7. The molecule has 0 aromatic heterocycles. The van der Waals surface area contributed by atoms with E-state index in [9.17, 15) is 4.79 Å². The van der Waals surface area contributed by atoms with Gasteiger partial charge in [0.05, 0.1) is 0 Å². The molecule has 0 rings (SSSR count). The third kappa shape index (κ3) is 3.08. The first-order valence-electron chi connectivity index (χ1n) is 3.60. The number of amides is 1. The van der Waals surface area contributed by atoms with Crippen LogP contribution in [-0.4, -0.2) is 21.2 Å². The van der Waals surface area contributed by atoms with Crippen molar-refractivity contribution in [1.82, 2.24) is 5.06 Å². The molecule has 1 atom stereocenters. The average molecular weight is 180 g/mol. The highest BCUT2D eigenvalue weighted by Gasteiger charge is 2.29. The Bertz CT molecular complexity index is 147. The zero-order valence-electron chi connectivity index (χ0n) is 7.09. The van der Waals surface area contributed by atoms with Crippen LogP contribution in [0, 0.1) is 0 Å². The molecule has 0 fully saturated rings. The van der Waals surface area contributed by atoms with Crippen LogP contribution in [0.1, 0.15) is 33.6 Å². The molecule has 0 aliphatic rings. The molecule has 1 amide bonds. The first kappa shape index (κ1) is 10.7. The van der Waals surface area contributed by atoms with E-state index in [2.05, 4.69) is 0 Å². The van der Waals surface area contributed by atoms with Crippen LogP contribution in [0.5, 0.6) is 0 Å². The molecular formula is C7H14ClNO2. The van der Waals surface area contributed by atoms with Gasteiger partial charge in [0.15, 0.2) is 0 Å². The number of alkyl halides is 1. The fraction of sp³-hybridized carbons (Fsp3) is 0.857. The van der Waals surface area contributed by atoms with E-state index in [-0.39, 0.29) is 0 Å². The van der Waals surface area contributed by atoms with Crippen LogP contribution in [0.25, 0.3) is 0 Å². The van der Waals surface area contributed by atoms with Gasteiger partial charge in [0, 0.05) is 6.92 Å². The van der Waals surface area contributed by atoms with Gasteiger partial charge < -0.3 is 0 Å². The van der Waals surface area contributed by atoms with Crippen molar-refractivity contribution < 1.29 is 10.0 Å². The lowest BCUT2D eigenvalue weighted by Gasteiger charge is -2.29. The van der Waals surface area contributed by atoms with Crippen LogP contribution >= 0.6 is 11.6 Å². The monoisotopic (exact) mass is 179 g/mol. The number of hydroxylamine groups is 2. The summed E-state index contributed by atoms with van der Waals surface area (Å²) in [5.41, 5.74) is 0. The quantitative estimate of drug-likeness (QED) is 0.312. The molecular weight excluding hydrogens is 166 g/mol. The second kappa shape index (κ2) is 3.93. The van der Waals surface area contributed by atoms with Gasteiger partial charge in [-0.15, -0.1) is 0 Å². The van der Waals surface area contributed by atoms with Crippen LogP contribution in [0.15, 0.2) is 0 Å². The molecule has 1 N–H and O–H groups in total. The van der Waals surface area contributed by atoms with Crippen LogP contribution in [0.3, 0.4) is 0 Å². The standard InChI is InChI=1S/C7H14ClNO2/c1-4-5-7(3,8)9(11)6(2)10/h11H,4-5H2,1-3H3. The van der Waals surface area contributed by atoms with Gasteiger partial charge in [-0.1, -0.05) is 24.9 Å². The Balaban J connectivity index is 4.16. The molecule has 66 valence electrons. The van der Waals surface area contributed by atoms with Crippen molar-refractivity contribution in [2.75, 3.05) is 0 Å².